The van der Waals surface area contributed by atoms with Gasteiger partial charge in [-0.15, -0.1) is 0 Å². The van der Waals surface area contributed by atoms with Crippen molar-refractivity contribution in [2.75, 3.05) is 0 Å². The molecule has 6 nitrogen and oxygen atoms in total. The van der Waals surface area contributed by atoms with Crippen LogP contribution in [-0.4, -0.2) is 19.5 Å². The zero-order valence-corrected chi connectivity index (χ0v) is 12.2. The number of aromatic amines is 1. The number of imidazole rings is 1. The van der Waals surface area contributed by atoms with Gasteiger partial charge < -0.3 is 14.9 Å². The largest absolute Gasteiger partial charge is 0.337 e. The molecule has 21 heavy (non-hydrogen) atoms. The number of H-pyrrole nitrogens is 1. The van der Waals surface area contributed by atoms with Crippen LogP contribution in [0.1, 0.15) is 11.6 Å². The van der Waals surface area contributed by atoms with Gasteiger partial charge in [0.25, 0.3) is 5.56 Å². The van der Waals surface area contributed by atoms with Crippen LogP contribution < -0.4 is 10.9 Å². The fraction of sp³-hybridized carbons (Fsp3) is 0.214. The van der Waals surface area contributed by atoms with Crippen LogP contribution in [0.4, 0.5) is 0 Å². The maximum atomic E-state index is 12.0. The SMILES string of the molecule is Cn1ccnc1CNCc1nc2cc(Cl)ccc2c(=O)[nH]1. The number of aromatic nitrogens is 4. The highest BCUT2D eigenvalue weighted by atomic mass is 35.5. The Labute approximate surface area is 125 Å². The molecular formula is C14H14ClN5O. The molecule has 0 amide bonds. The molecule has 3 rings (SSSR count). The van der Waals surface area contributed by atoms with E-state index < -0.39 is 0 Å². The summed E-state index contributed by atoms with van der Waals surface area (Å²) < 4.78 is 1.93. The van der Waals surface area contributed by atoms with E-state index in [9.17, 15) is 4.79 Å². The minimum absolute atomic E-state index is 0.162. The van der Waals surface area contributed by atoms with Crippen LogP contribution in [0.15, 0.2) is 35.4 Å². The monoisotopic (exact) mass is 303 g/mol. The highest BCUT2D eigenvalue weighted by Gasteiger charge is 2.05. The predicted molar refractivity (Wildman–Crippen MR) is 81.1 cm³/mol. The van der Waals surface area contributed by atoms with E-state index in [4.69, 9.17) is 11.6 Å². The number of hydrogen-bond acceptors (Lipinski definition) is 4. The van der Waals surface area contributed by atoms with Crippen molar-refractivity contribution < 1.29 is 0 Å². The minimum Gasteiger partial charge on any atom is -0.337 e. The maximum absolute atomic E-state index is 12.0. The van der Waals surface area contributed by atoms with E-state index in [0.717, 1.165) is 5.82 Å². The molecule has 7 heteroatoms. The summed E-state index contributed by atoms with van der Waals surface area (Å²) in [5.41, 5.74) is 0.436. The summed E-state index contributed by atoms with van der Waals surface area (Å²) in [4.78, 5) is 23.4. The van der Waals surface area contributed by atoms with Gasteiger partial charge in [-0.1, -0.05) is 11.6 Å². The minimum atomic E-state index is -0.162. The van der Waals surface area contributed by atoms with Crippen molar-refractivity contribution in [3.63, 3.8) is 0 Å². The Morgan fingerprint density at radius 3 is 3.00 bits per heavy atom. The van der Waals surface area contributed by atoms with Gasteiger partial charge >= 0.3 is 0 Å². The molecule has 2 N–H and O–H groups in total. The smallest absolute Gasteiger partial charge is 0.258 e. The van der Waals surface area contributed by atoms with Crippen LogP contribution >= 0.6 is 11.6 Å². The zero-order valence-electron chi connectivity index (χ0n) is 11.4. The average molecular weight is 304 g/mol. The second-order valence-electron chi connectivity index (χ2n) is 4.73. The van der Waals surface area contributed by atoms with Crippen LogP contribution in [0, 0.1) is 0 Å². The Hall–Kier alpha value is -2.18. The molecule has 1 aromatic carbocycles. The fourth-order valence-corrected chi connectivity index (χ4v) is 2.27. The van der Waals surface area contributed by atoms with E-state index in [0.29, 0.717) is 34.8 Å². The third-order valence-corrected chi connectivity index (χ3v) is 3.45. The number of halogens is 1. The average Bonchev–Trinajstić information content (AvgIpc) is 2.84. The van der Waals surface area contributed by atoms with Gasteiger partial charge in [0.2, 0.25) is 0 Å². The van der Waals surface area contributed by atoms with Crippen LogP contribution in [0.2, 0.25) is 5.02 Å². The number of benzene rings is 1. The van der Waals surface area contributed by atoms with Gasteiger partial charge in [-0.2, -0.15) is 0 Å². The zero-order chi connectivity index (χ0) is 14.8. The van der Waals surface area contributed by atoms with Crippen LogP contribution in [0.25, 0.3) is 10.9 Å². The Morgan fingerprint density at radius 2 is 2.24 bits per heavy atom. The summed E-state index contributed by atoms with van der Waals surface area (Å²) in [6, 6.07) is 5.04. The summed E-state index contributed by atoms with van der Waals surface area (Å²) in [5, 5.41) is 4.30. The molecule has 0 bridgehead atoms. The fourth-order valence-electron chi connectivity index (χ4n) is 2.10. The highest BCUT2D eigenvalue weighted by Crippen LogP contribution is 2.14. The molecule has 0 unspecified atom stereocenters. The van der Waals surface area contributed by atoms with Gasteiger partial charge in [0.05, 0.1) is 24.0 Å². The van der Waals surface area contributed by atoms with E-state index >= 15 is 0 Å². The Balaban J connectivity index is 1.78. The predicted octanol–water partition coefficient (Wildman–Crippen LogP) is 1.60. The first kappa shape index (κ1) is 13.8. The molecule has 3 aromatic rings. The lowest BCUT2D eigenvalue weighted by Crippen LogP contribution is -2.20. The molecule has 0 atom stereocenters. The molecule has 0 aliphatic heterocycles. The lowest BCUT2D eigenvalue weighted by Gasteiger charge is -2.06. The Bertz CT molecular complexity index is 839. The van der Waals surface area contributed by atoms with Gasteiger partial charge in [0, 0.05) is 24.5 Å². The molecule has 0 radical (unpaired) electrons. The standard InChI is InChI=1S/C14H14ClN5O/c1-20-5-4-17-13(20)8-16-7-12-18-11-6-9(15)2-3-10(11)14(21)19-12/h2-6,16H,7-8H2,1H3,(H,18,19,21). The third-order valence-electron chi connectivity index (χ3n) is 3.21. The number of aryl methyl sites for hydroxylation is 1. The summed E-state index contributed by atoms with van der Waals surface area (Å²) in [7, 11) is 1.93. The normalized spacial score (nSPS) is 11.1. The number of nitrogens with zero attached hydrogens (tertiary/aromatic N) is 3. The number of fused-ring (bicyclic) bond motifs is 1. The van der Waals surface area contributed by atoms with E-state index in [-0.39, 0.29) is 5.56 Å². The van der Waals surface area contributed by atoms with Crippen LogP contribution in [0.5, 0.6) is 0 Å². The van der Waals surface area contributed by atoms with Gasteiger partial charge in [-0.3, -0.25) is 4.79 Å². The highest BCUT2D eigenvalue weighted by molar-refractivity contribution is 6.31. The summed E-state index contributed by atoms with van der Waals surface area (Å²) in [5.74, 6) is 1.49. The van der Waals surface area contributed by atoms with Crippen molar-refractivity contribution in [1.29, 1.82) is 0 Å². The van der Waals surface area contributed by atoms with Crippen molar-refractivity contribution in [3.8, 4) is 0 Å². The van der Waals surface area contributed by atoms with Crippen LogP contribution in [0.3, 0.4) is 0 Å². The first-order chi connectivity index (χ1) is 10.1. The van der Waals surface area contributed by atoms with Crippen molar-refractivity contribution in [1.82, 2.24) is 24.8 Å². The lowest BCUT2D eigenvalue weighted by molar-refractivity contribution is 0.620. The van der Waals surface area contributed by atoms with Gasteiger partial charge in [0.15, 0.2) is 0 Å². The Kier molecular flexibility index (Phi) is 3.72. The van der Waals surface area contributed by atoms with Gasteiger partial charge in [0.1, 0.15) is 11.6 Å². The number of hydrogen-bond donors (Lipinski definition) is 2. The number of nitrogens with one attached hydrogen (secondary N) is 2. The van der Waals surface area contributed by atoms with Crippen molar-refractivity contribution in [2.24, 2.45) is 7.05 Å². The molecule has 0 aliphatic rings. The number of rotatable bonds is 4. The lowest BCUT2D eigenvalue weighted by atomic mass is 10.2. The van der Waals surface area contributed by atoms with Gasteiger partial charge in [-0.05, 0) is 18.2 Å². The van der Waals surface area contributed by atoms with E-state index in [1.807, 2.05) is 17.8 Å². The van der Waals surface area contributed by atoms with Crippen LogP contribution in [-0.2, 0) is 20.1 Å². The maximum Gasteiger partial charge on any atom is 0.258 e. The first-order valence-corrected chi connectivity index (χ1v) is 6.86. The first-order valence-electron chi connectivity index (χ1n) is 6.49. The molecule has 0 saturated carbocycles. The topological polar surface area (TPSA) is 75.6 Å². The summed E-state index contributed by atoms with van der Waals surface area (Å²) in [6.45, 7) is 1.05. The van der Waals surface area contributed by atoms with E-state index in [2.05, 4.69) is 20.3 Å². The second-order valence-corrected chi connectivity index (χ2v) is 5.17. The molecule has 0 fully saturated rings. The van der Waals surface area contributed by atoms with Crippen molar-refractivity contribution in [2.45, 2.75) is 13.1 Å². The molecule has 0 saturated heterocycles. The van der Waals surface area contributed by atoms with Crippen molar-refractivity contribution in [3.05, 3.63) is 57.6 Å². The molecule has 0 spiro atoms. The molecular weight excluding hydrogens is 290 g/mol. The summed E-state index contributed by atoms with van der Waals surface area (Å²) in [6.07, 6.45) is 3.63. The second kappa shape index (κ2) is 5.67. The van der Waals surface area contributed by atoms with Gasteiger partial charge in [-0.25, -0.2) is 9.97 Å². The molecule has 2 heterocycles. The molecule has 0 aliphatic carbocycles. The quantitative estimate of drug-likeness (QED) is 0.767. The molecule has 2 aromatic heterocycles. The van der Waals surface area contributed by atoms with E-state index in [1.165, 1.54) is 0 Å². The third kappa shape index (κ3) is 2.96. The Morgan fingerprint density at radius 1 is 1.38 bits per heavy atom. The van der Waals surface area contributed by atoms with E-state index in [1.54, 1.807) is 24.4 Å². The van der Waals surface area contributed by atoms with Crippen molar-refractivity contribution >= 4 is 22.5 Å². The summed E-state index contributed by atoms with van der Waals surface area (Å²) >= 11 is 5.93. The molecule has 108 valence electrons.